The first-order valence-corrected chi connectivity index (χ1v) is 9.89. The minimum absolute atomic E-state index is 0.0175. The lowest BCUT2D eigenvalue weighted by Gasteiger charge is -2.15. The highest BCUT2D eigenvalue weighted by Gasteiger charge is 2.40. The fourth-order valence-electron chi connectivity index (χ4n) is 2.97. The Balaban J connectivity index is 1.62. The van der Waals surface area contributed by atoms with Gasteiger partial charge in [-0.15, -0.1) is 0 Å². The summed E-state index contributed by atoms with van der Waals surface area (Å²) in [6.07, 6.45) is 0.297. The number of nitrogens with zero attached hydrogens (tertiary/aromatic N) is 1. The predicted octanol–water partition coefficient (Wildman–Crippen LogP) is 2.57. The van der Waals surface area contributed by atoms with E-state index in [1.54, 1.807) is 24.3 Å². The number of aryl methyl sites for hydroxylation is 1. The molecule has 142 valence electrons. The van der Waals surface area contributed by atoms with Crippen molar-refractivity contribution in [3.8, 4) is 5.75 Å². The number of rotatable bonds is 6. The van der Waals surface area contributed by atoms with E-state index in [1.807, 2.05) is 13.0 Å². The van der Waals surface area contributed by atoms with Crippen LogP contribution in [0.2, 0.25) is 0 Å². The number of sulfonamides is 1. The molecule has 0 spiro atoms. The molecule has 1 N–H and O–H groups in total. The lowest BCUT2D eigenvalue weighted by Crippen LogP contribution is -2.31. The summed E-state index contributed by atoms with van der Waals surface area (Å²) in [5.74, 6) is -0.284. The van der Waals surface area contributed by atoms with Crippen LogP contribution in [0, 0.1) is 6.92 Å². The van der Waals surface area contributed by atoms with Gasteiger partial charge in [0.1, 0.15) is 10.6 Å². The Labute approximate surface area is 158 Å². The Hall–Kier alpha value is -2.87. The molecule has 2 aromatic carbocycles. The lowest BCUT2D eigenvalue weighted by atomic mass is 10.2. The molecule has 0 atom stereocenters. The van der Waals surface area contributed by atoms with Crippen LogP contribution in [0.25, 0.3) is 0 Å². The second-order valence-electron chi connectivity index (χ2n) is 6.23. The third kappa shape index (κ3) is 3.66. The average molecular weight is 388 g/mol. The summed E-state index contributed by atoms with van der Waals surface area (Å²) in [6, 6.07) is 11.5. The predicted molar refractivity (Wildman–Crippen MR) is 100 cm³/mol. The van der Waals surface area contributed by atoms with Gasteiger partial charge in [-0.3, -0.25) is 9.59 Å². The van der Waals surface area contributed by atoms with Crippen LogP contribution in [-0.4, -0.2) is 38.2 Å². The van der Waals surface area contributed by atoms with Crippen LogP contribution in [0.15, 0.2) is 47.4 Å². The molecule has 0 fully saturated rings. The van der Waals surface area contributed by atoms with Crippen LogP contribution in [0.4, 0.5) is 5.69 Å². The topological polar surface area (TPSA) is 92.8 Å². The molecule has 2 amide bonds. The summed E-state index contributed by atoms with van der Waals surface area (Å²) < 4.78 is 31.0. The SMILES string of the molecule is COc1ccc(C)cc1NC(=O)CCCN1C(=O)c2ccccc2S1(=O)=O. The highest BCUT2D eigenvalue weighted by molar-refractivity contribution is 7.90. The third-order valence-electron chi connectivity index (χ3n) is 4.31. The van der Waals surface area contributed by atoms with Crippen molar-refractivity contribution in [3.63, 3.8) is 0 Å². The maximum atomic E-state index is 12.5. The molecule has 27 heavy (non-hydrogen) atoms. The van der Waals surface area contributed by atoms with Crippen molar-refractivity contribution in [2.24, 2.45) is 0 Å². The molecular weight excluding hydrogens is 368 g/mol. The van der Waals surface area contributed by atoms with Crippen LogP contribution in [0.1, 0.15) is 28.8 Å². The first-order chi connectivity index (χ1) is 12.8. The number of carbonyl (C=O) groups is 2. The fraction of sp³-hybridized carbons (Fsp3) is 0.263. The first kappa shape index (κ1) is 18.9. The van der Waals surface area contributed by atoms with Crippen molar-refractivity contribution in [2.45, 2.75) is 24.7 Å². The summed E-state index contributed by atoms with van der Waals surface area (Å²) >= 11 is 0. The Morgan fingerprint density at radius 2 is 1.93 bits per heavy atom. The number of benzene rings is 2. The minimum Gasteiger partial charge on any atom is -0.495 e. The smallest absolute Gasteiger partial charge is 0.269 e. The Bertz CT molecular complexity index is 1000. The van der Waals surface area contributed by atoms with Crippen molar-refractivity contribution in [2.75, 3.05) is 19.0 Å². The number of ether oxygens (including phenoxy) is 1. The summed E-state index contributed by atoms with van der Waals surface area (Å²) in [5, 5.41) is 2.76. The van der Waals surface area contributed by atoms with Crippen molar-refractivity contribution in [1.29, 1.82) is 0 Å². The van der Waals surface area contributed by atoms with Crippen LogP contribution in [0.5, 0.6) is 5.75 Å². The van der Waals surface area contributed by atoms with Gasteiger partial charge in [0.25, 0.3) is 15.9 Å². The molecule has 8 heteroatoms. The van der Waals surface area contributed by atoms with E-state index in [0.717, 1.165) is 9.87 Å². The fourth-order valence-corrected chi connectivity index (χ4v) is 4.57. The number of hydrogen-bond donors (Lipinski definition) is 1. The zero-order chi connectivity index (χ0) is 19.6. The van der Waals surface area contributed by atoms with Crippen LogP contribution in [0.3, 0.4) is 0 Å². The van der Waals surface area contributed by atoms with Crippen molar-refractivity contribution in [1.82, 2.24) is 4.31 Å². The van der Waals surface area contributed by atoms with Gasteiger partial charge in [0.15, 0.2) is 0 Å². The molecule has 0 aromatic heterocycles. The van der Waals surface area contributed by atoms with E-state index in [4.69, 9.17) is 4.74 Å². The summed E-state index contributed by atoms with van der Waals surface area (Å²) in [4.78, 5) is 24.6. The number of amides is 2. The molecule has 1 heterocycles. The van der Waals surface area contributed by atoms with E-state index in [-0.39, 0.29) is 35.8 Å². The maximum absolute atomic E-state index is 12.5. The lowest BCUT2D eigenvalue weighted by molar-refractivity contribution is -0.116. The van der Waals surface area contributed by atoms with Gasteiger partial charge in [0.05, 0.1) is 18.4 Å². The Morgan fingerprint density at radius 1 is 1.19 bits per heavy atom. The number of nitrogens with one attached hydrogen (secondary N) is 1. The van der Waals surface area contributed by atoms with Crippen LogP contribution in [-0.2, 0) is 14.8 Å². The van der Waals surface area contributed by atoms with E-state index < -0.39 is 15.9 Å². The quantitative estimate of drug-likeness (QED) is 0.821. The third-order valence-corrected chi connectivity index (χ3v) is 6.15. The zero-order valence-corrected chi connectivity index (χ0v) is 15.9. The molecule has 1 aliphatic rings. The Morgan fingerprint density at radius 3 is 2.63 bits per heavy atom. The molecule has 0 saturated heterocycles. The minimum atomic E-state index is -3.84. The van der Waals surface area contributed by atoms with E-state index >= 15 is 0 Å². The summed E-state index contributed by atoms with van der Waals surface area (Å²) in [7, 11) is -2.32. The largest absolute Gasteiger partial charge is 0.495 e. The van der Waals surface area contributed by atoms with Gasteiger partial charge in [-0.25, -0.2) is 12.7 Å². The second kappa shape index (κ2) is 7.40. The average Bonchev–Trinajstić information content (AvgIpc) is 2.83. The summed E-state index contributed by atoms with van der Waals surface area (Å²) in [6.45, 7) is 1.85. The number of hydrogen-bond acceptors (Lipinski definition) is 5. The number of carbonyl (C=O) groups excluding carboxylic acids is 2. The zero-order valence-electron chi connectivity index (χ0n) is 15.1. The van der Waals surface area contributed by atoms with Crippen molar-refractivity contribution >= 4 is 27.5 Å². The number of methoxy groups -OCH3 is 1. The molecule has 7 nitrogen and oxygen atoms in total. The molecule has 0 saturated carbocycles. The highest BCUT2D eigenvalue weighted by atomic mass is 32.2. The van der Waals surface area contributed by atoms with E-state index in [9.17, 15) is 18.0 Å². The van der Waals surface area contributed by atoms with Gasteiger partial charge in [-0.2, -0.15) is 0 Å². The molecular formula is C19H20N2O5S. The number of fused-ring (bicyclic) bond motifs is 1. The van der Waals surface area contributed by atoms with Crippen LogP contribution < -0.4 is 10.1 Å². The normalized spacial score (nSPS) is 14.7. The second-order valence-corrected chi connectivity index (χ2v) is 8.06. The molecule has 0 unspecified atom stereocenters. The molecule has 2 aromatic rings. The van der Waals surface area contributed by atoms with Gasteiger partial charge < -0.3 is 10.1 Å². The monoisotopic (exact) mass is 388 g/mol. The highest BCUT2D eigenvalue weighted by Crippen LogP contribution is 2.30. The molecule has 0 aliphatic carbocycles. The molecule has 1 aliphatic heterocycles. The standard InChI is InChI=1S/C19H20N2O5S/c1-13-9-10-16(26-2)15(12-13)20-18(22)8-5-11-21-19(23)14-6-3-4-7-17(14)27(21,24)25/h3-4,6-7,9-10,12H,5,8,11H2,1-2H3,(H,20,22). The summed E-state index contributed by atoms with van der Waals surface area (Å²) in [5.41, 5.74) is 1.70. The van der Waals surface area contributed by atoms with Gasteiger partial charge >= 0.3 is 0 Å². The van der Waals surface area contributed by atoms with Gasteiger partial charge in [-0.1, -0.05) is 18.2 Å². The van der Waals surface area contributed by atoms with Crippen molar-refractivity contribution in [3.05, 3.63) is 53.6 Å². The van der Waals surface area contributed by atoms with E-state index in [2.05, 4.69) is 5.32 Å². The van der Waals surface area contributed by atoms with E-state index in [1.165, 1.54) is 19.2 Å². The Kier molecular flexibility index (Phi) is 5.18. The van der Waals surface area contributed by atoms with Crippen LogP contribution >= 0.6 is 0 Å². The first-order valence-electron chi connectivity index (χ1n) is 8.45. The number of anilines is 1. The van der Waals surface area contributed by atoms with Gasteiger partial charge in [0, 0.05) is 13.0 Å². The van der Waals surface area contributed by atoms with E-state index in [0.29, 0.717) is 11.4 Å². The molecule has 0 radical (unpaired) electrons. The maximum Gasteiger partial charge on any atom is 0.269 e. The van der Waals surface area contributed by atoms with Gasteiger partial charge in [0.2, 0.25) is 5.91 Å². The van der Waals surface area contributed by atoms with Crippen molar-refractivity contribution < 1.29 is 22.7 Å². The molecule has 0 bridgehead atoms. The van der Waals surface area contributed by atoms with Gasteiger partial charge in [-0.05, 0) is 43.2 Å². The molecule has 3 rings (SSSR count).